The van der Waals surface area contributed by atoms with E-state index in [0.29, 0.717) is 5.02 Å². The van der Waals surface area contributed by atoms with Crippen LogP contribution >= 0.6 is 27.5 Å². The summed E-state index contributed by atoms with van der Waals surface area (Å²) in [6.45, 7) is 7.06. The van der Waals surface area contributed by atoms with E-state index in [9.17, 15) is 0 Å². The Bertz CT molecular complexity index is 731. The lowest BCUT2D eigenvalue weighted by Gasteiger charge is -2.13. The van der Waals surface area contributed by atoms with E-state index >= 15 is 0 Å². The Balaban J connectivity index is 2.25. The minimum atomic E-state index is 0.662. The van der Waals surface area contributed by atoms with Crippen LogP contribution in [0.15, 0.2) is 39.8 Å². The highest BCUT2D eigenvalue weighted by atomic mass is 79.9. The van der Waals surface area contributed by atoms with Gasteiger partial charge < -0.3 is 9.64 Å². The van der Waals surface area contributed by atoms with Crippen LogP contribution in [-0.2, 0) is 0 Å². The molecule has 0 unspecified atom stereocenters. The first-order valence-corrected chi connectivity index (χ1v) is 8.56. The van der Waals surface area contributed by atoms with E-state index in [1.807, 2.05) is 62.5 Å². The highest BCUT2D eigenvalue weighted by molar-refractivity contribution is 9.10. The second-order valence-electron chi connectivity index (χ2n) is 5.40. The number of benzene rings is 2. The molecule has 0 aliphatic carbocycles. The van der Waals surface area contributed by atoms with E-state index in [1.54, 1.807) is 0 Å². The predicted molar refractivity (Wildman–Crippen MR) is 102 cm³/mol. The van der Waals surface area contributed by atoms with Crippen LogP contribution in [0.1, 0.15) is 18.1 Å². The molecule has 0 aliphatic heterocycles. The van der Waals surface area contributed by atoms with Crippen LogP contribution in [0, 0.1) is 13.8 Å². The van der Waals surface area contributed by atoms with Gasteiger partial charge in [0.25, 0.3) is 0 Å². The number of ether oxygens (including phenoxy) is 1. The first-order chi connectivity index (χ1) is 10.9. The normalized spacial score (nSPS) is 11.0. The monoisotopic (exact) mass is 394 g/mol. The minimum absolute atomic E-state index is 0.662. The van der Waals surface area contributed by atoms with Gasteiger partial charge in [0.1, 0.15) is 11.5 Å². The number of nitrogens with zero attached hydrogens (tertiary/aromatic N) is 2. The third-order valence-corrected chi connectivity index (χ3v) is 4.72. The van der Waals surface area contributed by atoms with Crippen LogP contribution < -0.4 is 4.74 Å². The van der Waals surface area contributed by atoms with Crippen LogP contribution in [0.2, 0.25) is 5.02 Å². The molecular weight excluding hydrogens is 376 g/mol. The largest absolute Gasteiger partial charge is 0.457 e. The second-order valence-corrected chi connectivity index (χ2v) is 6.66. The molecule has 0 amide bonds. The smallest absolute Gasteiger partial charge is 0.130 e. The number of aryl methyl sites for hydroxylation is 2. The molecule has 3 nitrogen and oxygen atoms in total. The number of hydrogen-bond donors (Lipinski definition) is 0. The molecule has 0 saturated carbocycles. The molecule has 0 atom stereocenters. The van der Waals surface area contributed by atoms with Gasteiger partial charge in [-0.2, -0.15) is 0 Å². The summed E-state index contributed by atoms with van der Waals surface area (Å²) < 4.78 is 6.79. The summed E-state index contributed by atoms with van der Waals surface area (Å²) in [5.41, 5.74) is 3.06. The fraction of sp³-hybridized carbons (Fsp3) is 0.278. The molecular formula is C18H20BrClN2O. The minimum Gasteiger partial charge on any atom is -0.457 e. The average molecular weight is 396 g/mol. The predicted octanol–water partition coefficient (Wildman–Crippen LogP) is 6.12. The van der Waals surface area contributed by atoms with Gasteiger partial charge in [0.05, 0.1) is 17.0 Å². The number of hydrogen-bond acceptors (Lipinski definition) is 2. The summed E-state index contributed by atoms with van der Waals surface area (Å²) in [4.78, 5) is 6.56. The van der Waals surface area contributed by atoms with Gasteiger partial charge in [-0.15, -0.1) is 0 Å². The summed E-state index contributed by atoms with van der Waals surface area (Å²) in [6, 6.07) is 9.57. The Morgan fingerprint density at radius 1 is 1.22 bits per heavy atom. The van der Waals surface area contributed by atoms with Crippen LogP contribution in [-0.4, -0.2) is 24.8 Å². The molecule has 2 rings (SSSR count). The zero-order valence-corrected chi connectivity index (χ0v) is 16.1. The summed E-state index contributed by atoms with van der Waals surface area (Å²) in [5, 5.41) is 0.662. The molecule has 0 saturated heterocycles. The molecule has 0 aliphatic rings. The zero-order chi connectivity index (χ0) is 17.0. The molecule has 5 heteroatoms. The van der Waals surface area contributed by atoms with Gasteiger partial charge >= 0.3 is 0 Å². The van der Waals surface area contributed by atoms with E-state index in [4.69, 9.17) is 16.3 Å². The Morgan fingerprint density at radius 3 is 2.61 bits per heavy atom. The van der Waals surface area contributed by atoms with Crippen molar-refractivity contribution in [3.05, 3.63) is 51.0 Å². The van der Waals surface area contributed by atoms with Gasteiger partial charge in [0.15, 0.2) is 0 Å². The number of aliphatic imine (C=N–C) groups is 1. The van der Waals surface area contributed by atoms with Gasteiger partial charge in [0, 0.05) is 18.1 Å². The van der Waals surface area contributed by atoms with Crippen molar-refractivity contribution in [3.8, 4) is 11.5 Å². The second kappa shape index (κ2) is 7.84. The maximum atomic E-state index is 6.01. The zero-order valence-electron chi connectivity index (χ0n) is 13.7. The third-order valence-electron chi connectivity index (χ3n) is 3.51. The molecule has 2 aromatic rings. The first kappa shape index (κ1) is 17.8. The number of rotatable bonds is 5. The van der Waals surface area contributed by atoms with Gasteiger partial charge in [-0.3, -0.25) is 0 Å². The average Bonchev–Trinajstić information content (AvgIpc) is 2.52. The van der Waals surface area contributed by atoms with Crippen LogP contribution in [0.3, 0.4) is 0 Å². The quantitative estimate of drug-likeness (QED) is 0.450. The third kappa shape index (κ3) is 4.72. The van der Waals surface area contributed by atoms with Gasteiger partial charge in [-0.1, -0.05) is 11.6 Å². The Kier molecular flexibility index (Phi) is 6.08. The van der Waals surface area contributed by atoms with Crippen LogP contribution in [0.25, 0.3) is 0 Å². The van der Waals surface area contributed by atoms with Gasteiger partial charge in [0.2, 0.25) is 0 Å². The molecule has 0 aromatic heterocycles. The summed E-state index contributed by atoms with van der Waals surface area (Å²) in [6.07, 6.45) is 1.85. The fourth-order valence-electron chi connectivity index (χ4n) is 1.93. The van der Waals surface area contributed by atoms with Crippen molar-refractivity contribution < 1.29 is 4.74 Å². The number of halogens is 2. The van der Waals surface area contributed by atoms with Crippen molar-refractivity contribution in [2.24, 2.45) is 4.99 Å². The maximum absolute atomic E-state index is 6.01. The lowest BCUT2D eigenvalue weighted by molar-refractivity contribution is 0.478. The Hall–Kier alpha value is -1.52. The van der Waals surface area contributed by atoms with Crippen molar-refractivity contribution in [3.63, 3.8) is 0 Å². The van der Waals surface area contributed by atoms with E-state index in [1.165, 1.54) is 0 Å². The van der Waals surface area contributed by atoms with E-state index < -0.39 is 0 Å². The summed E-state index contributed by atoms with van der Waals surface area (Å²) in [5.74, 6) is 1.56. The maximum Gasteiger partial charge on any atom is 0.130 e. The van der Waals surface area contributed by atoms with E-state index in [2.05, 4.69) is 27.8 Å². The Labute approximate surface area is 151 Å². The molecule has 0 bridgehead atoms. The fourth-order valence-corrected chi connectivity index (χ4v) is 2.41. The molecule has 122 valence electrons. The van der Waals surface area contributed by atoms with Crippen molar-refractivity contribution in [2.45, 2.75) is 20.8 Å². The first-order valence-electron chi connectivity index (χ1n) is 7.39. The summed E-state index contributed by atoms with van der Waals surface area (Å²) in [7, 11) is 2.00. The topological polar surface area (TPSA) is 24.8 Å². The van der Waals surface area contributed by atoms with Crippen molar-refractivity contribution >= 4 is 39.6 Å². The molecule has 0 fully saturated rings. The standard InChI is InChI=1S/C18H20BrClN2O/c1-5-22(4)11-21-17-8-13(3)18(9-12(17)2)23-14-6-7-16(20)15(19)10-14/h6-11H,5H2,1-4H3. The lowest BCUT2D eigenvalue weighted by Crippen LogP contribution is -2.14. The lowest BCUT2D eigenvalue weighted by atomic mass is 10.1. The molecule has 0 N–H and O–H groups in total. The molecule has 0 radical (unpaired) electrons. The highest BCUT2D eigenvalue weighted by Gasteiger charge is 2.07. The summed E-state index contributed by atoms with van der Waals surface area (Å²) >= 11 is 9.42. The Morgan fingerprint density at radius 2 is 1.96 bits per heavy atom. The van der Waals surface area contributed by atoms with Gasteiger partial charge in [-0.25, -0.2) is 4.99 Å². The van der Waals surface area contributed by atoms with Crippen LogP contribution in [0.4, 0.5) is 5.69 Å². The molecule has 2 aromatic carbocycles. The van der Waals surface area contributed by atoms with Gasteiger partial charge in [-0.05, 0) is 78.2 Å². The molecule has 0 spiro atoms. The van der Waals surface area contributed by atoms with Crippen molar-refractivity contribution in [2.75, 3.05) is 13.6 Å². The molecule has 0 heterocycles. The van der Waals surface area contributed by atoms with E-state index in [-0.39, 0.29) is 0 Å². The van der Waals surface area contributed by atoms with Crippen LogP contribution in [0.5, 0.6) is 11.5 Å². The SMILES string of the molecule is CCN(C)C=Nc1cc(C)c(Oc2ccc(Cl)c(Br)c2)cc1C. The van der Waals surface area contributed by atoms with E-state index in [0.717, 1.165) is 39.3 Å². The van der Waals surface area contributed by atoms with Crippen molar-refractivity contribution in [1.29, 1.82) is 0 Å². The highest BCUT2D eigenvalue weighted by Crippen LogP contribution is 2.34. The molecule has 23 heavy (non-hydrogen) atoms. The van der Waals surface area contributed by atoms with Crippen molar-refractivity contribution in [1.82, 2.24) is 4.90 Å².